The Hall–Kier alpha value is -0.120. The lowest BCUT2D eigenvalue weighted by molar-refractivity contribution is 0.0697. The van der Waals surface area contributed by atoms with Gasteiger partial charge in [0.15, 0.2) is 0 Å². The third-order valence-electron chi connectivity index (χ3n) is 2.21. The Labute approximate surface area is 81.2 Å². The molecule has 0 unspecified atom stereocenters. The lowest BCUT2D eigenvalue weighted by Gasteiger charge is -2.25. The molecule has 0 aromatic rings. The molecule has 0 aliphatic heterocycles. The lowest BCUT2D eigenvalue weighted by atomic mass is 9.93. The van der Waals surface area contributed by atoms with E-state index in [-0.39, 0.29) is 18.6 Å². The van der Waals surface area contributed by atoms with Crippen LogP contribution in [0.1, 0.15) is 27.2 Å². The van der Waals surface area contributed by atoms with Crippen molar-refractivity contribution in [3.05, 3.63) is 0 Å². The SMILES string of the molecule is CC(C)CCNCC(C)(CO)CO. The molecule has 0 atom stereocenters. The first-order chi connectivity index (χ1) is 6.04. The van der Waals surface area contributed by atoms with Crippen LogP contribution in [0.5, 0.6) is 0 Å². The molecule has 0 spiro atoms. The largest absolute Gasteiger partial charge is 0.396 e. The van der Waals surface area contributed by atoms with E-state index in [1.807, 2.05) is 6.92 Å². The molecule has 0 amide bonds. The van der Waals surface area contributed by atoms with Crippen molar-refractivity contribution in [1.29, 1.82) is 0 Å². The number of rotatable bonds is 7. The van der Waals surface area contributed by atoms with Gasteiger partial charge in [0, 0.05) is 12.0 Å². The highest BCUT2D eigenvalue weighted by Crippen LogP contribution is 2.11. The average Bonchev–Trinajstić information content (AvgIpc) is 2.12. The minimum Gasteiger partial charge on any atom is -0.396 e. The van der Waals surface area contributed by atoms with Gasteiger partial charge in [-0.3, -0.25) is 0 Å². The van der Waals surface area contributed by atoms with Crippen LogP contribution in [-0.4, -0.2) is 36.5 Å². The van der Waals surface area contributed by atoms with E-state index in [0.717, 1.165) is 13.0 Å². The summed E-state index contributed by atoms with van der Waals surface area (Å²) in [5.74, 6) is 0.696. The second kappa shape index (κ2) is 6.35. The zero-order chi connectivity index (χ0) is 10.3. The Morgan fingerprint density at radius 2 is 1.77 bits per heavy atom. The molecule has 0 radical (unpaired) electrons. The number of hydrogen-bond acceptors (Lipinski definition) is 3. The molecule has 3 N–H and O–H groups in total. The predicted octanol–water partition coefficient (Wildman–Crippen LogP) is 0.613. The summed E-state index contributed by atoms with van der Waals surface area (Å²) in [5.41, 5.74) is -0.378. The molecule has 3 heteroatoms. The Morgan fingerprint density at radius 3 is 2.15 bits per heavy atom. The van der Waals surface area contributed by atoms with Gasteiger partial charge in [0.2, 0.25) is 0 Å². The van der Waals surface area contributed by atoms with Gasteiger partial charge in [-0.2, -0.15) is 0 Å². The molecule has 0 rings (SSSR count). The number of nitrogens with one attached hydrogen (secondary N) is 1. The van der Waals surface area contributed by atoms with Crippen LogP contribution in [-0.2, 0) is 0 Å². The molecule has 3 nitrogen and oxygen atoms in total. The van der Waals surface area contributed by atoms with Gasteiger partial charge in [-0.05, 0) is 18.9 Å². The summed E-state index contributed by atoms with van der Waals surface area (Å²) in [6.45, 7) is 7.91. The van der Waals surface area contributed by atoms with Crippen molar-refractivity contribution >= 4 is 0 Å². The number of hydrogen-bond donors (Lipinski definition) is 3. The van der Waals surface area contributed by atoms with Crippen molar-refractivity contribution in [2.24, 2.45) is 11.3 Å². The first-order valence-corrected chi connectivity index (χ1v) is 4.96. The van der Waals surface area contributed by atoms with Crippen LogP contribution < -0.4 is 5.32 Å². The van der Waals surface area contributed by atoms with E-state index in [1.54, 1.807) is 0 Å². The maximum atomic E-state index is 8.99. The summed E-state index contributed by atoms with van der Waals surface area (Å²) in [6.07, 6.45) is 1.13. The van der Waals surface area contributed by atoms with E-state index in [9.17, 15) is 0 Å². The van der Waals surface area contributed by atoms with Crippen molar-refractivity contribution in [3.63, 3.8) is 0 Å². The van der Waals surface area contributed by atoms with Crippen LogP contribution in [0.15, 0.2) is 0 Å². The molecule has 0 aromatic heterocycles. The normalized spacial score (nSPS) is 12.5. The zero-order valence-corrected chi connectivity index (χ0v) is 9.01. The summed E-state index contributed by atoms with van der Waals surface area (Å²) in [7, 11) is 0. The van der Waals surface area contributed by atoms with Gasteiger partial charge in [-0.25, -0.2) is 0 Å². The molecule has 0 bridgehead atoms. The molecular weight excluding hydrogens is 166 g/mol. The minimum atomic E-state index is -0.378. The monoisotopic (exact) mass is 189 g/mol. The molecular formula is C10H23NO2. The standard InChI is InChI=1S/C10H23NO2/c1-9(2)4-5-11-6-10(3,7-12)8-13/h9,11-13H,4-8H2,1-3H3. The molecule has 80 valence electrons. The predicted molar refractivity (Wildman–Crippen MR) is 54.6 cm³/mol. The molecule has 0 saturated carbocycles. The third kappa shape index (κ3) is 6.02. The van der Waals surface area contributed by atoms with E-state index in [1.165, 1.54) is 0 Å². The van der Waals surface area contributed by atoms with Crippen molar-refractivity contribution < 1.29 is 10.2 Å². The van der Waals surface area contributed by atoms with Gasteiger partial charge >= 0.3 is 0 Å². The second-order valence-corrected chi connectivity index (χ2v) is 4.49. The molecule has 0 aromatic carbocycles. The third-order valence-corrected chi connectivity index (χ3v) is 2.21. The van der Waals surface area contributed by atoms with Crippen molar-refractivity contribution in [3.8, 4) is 0 Å². The highest BCUT2D eigenvalue weighted by Gasteiger charge is 2.21. The van der Waals surface area contributed by atoms with Crippen LogP contribution in [0, 0.1) is 11.3 Å². The van der Waals surface area contributed by atoms with Gasteiger partial charge in [0.05, 0.1) is 13.2 Å². The topological polar surface area (TPSA) is 52.5 Å². The Morgan fingerprint density at radius 1 is 1.23 bits per heavy atom. The Kier molecular flexibility index (Phi) is 6.29. The van der Waals surface area contributed by atoms with Gasteiger partial charge in [-0.1, -0.05) is 20.8 Å². The lowest BCUT2D eigenvalue weighted by Crippen LogP contribution is -2.38. The molecule has 0 heterocycles. The summed E-state index contributed by atoms with van der Waals surface area (Å²) < 4.78 is 0. The first-order valence-electron chi connectivity index (χ1n) is 4.96. The number of aliphatic hydroxyl groups is 2. The quantitative estimate of drug-likeness (QED) is 0.514. The Balaban J connectivity index is 3.50. The zero-order valence-electron chi connectivity index (χ0n) is 9.01. The van der Waals surface area contributed by atoms with Gasteiger partial charge < -0.3 is 15.5 Å². The fourth-order valence-corrected chi connectivity index (χ4v) is 0.943. The number of aliphatic hydroxyl groups excluding tert-OH is 2. The first kappa shape index (κ1) is 12.9. The van der Waals surface area contributed by atoms with E-state index in [2.05, 4.69) is 19.2 Å². The summed E-state index contributed by atoms with van der Waals surface area (Å²) in [4.78, 5) is 0. The van der Waals surface area contributed by atoms with Crippen LogP contribution in [0.4, 0.5) is 0 Å². The van der Waals surface area contributed by atoms with Crippen molar-refractivity contribution in [2.75, 3.05) is 26.3 Å². The fraction of sp³-hybridized carbons (Fsp3) is 1.00. The summed E-state index contributed by atoms with van der Waals surface area (Å²) >= 11 is 0. The molecule has 13 heavy (non-hydrogen) atoms. The highest BCUT2D eigenvalue weighted by molar-refractivity contribution is 4.74. The molecule has 0 aliphatic rings. The average molecular weight is 189 g/mol. The van der Waals surface area contributed by atoms with Gasteiger partial charge in [-0.15, -0.1) is 0 Å². The van der Waals surface area contributed by atoms with E-state index in [4.69, 9.17) is 10.2 Å². The molecule has 0 aliphatic carbocycles. The minimum absolute atomic E-state index is 0.0260. The second-order valence-electron chi connectivity index (χ2n) is 4.49. The highest BCUT2D eigenvalue weighted by atomic mass is 16.3. The summed E-state index contributed by atoms with van der Waals surface area (Å²) in [5, 5.41) is 21.2. The van der Waals surface area contributed by atoms with Gasteiger partial charge in [0.1, 0.15) is 0 Å². The van der Waals surface area contributed by atoms with Crippen molar-refractivity contribution in [2.45, 2.75) is 27.2 Å². The van der Waals surface area contributed by atoms with E-state index < -0.39 is 0 Å². The van der Waals surface area contributed by atoms with Crippen LogP contribution >= 0.6 is 0 Å². The molecule has 0 saturated heterocycles. The van der Waals surface area contributed by atoms with Crippen LogP contribution in [0.3, 0.4) is 0 Å². The molecule has 0 fully saturated rings. The van der Waals surface area contributed by atoms with E-state index >= 15 is 0 Å². The smallest absolute Gasteiger partial charge is 0.0518 e. The fourth-order valence-electron chi connectivity index (χ4n) is 0.943. The van der Waals surface area contributed by atoms with Crippen LogP contribution in [0.2, 0.25) is 0 Å². The maximum Gasteiger partial charge on any atom is 0.0518 e. The maximum absolute atomic E-state index is 8.99. The van der Waals surface area contributed by atoms with E-state index in [0.29, 0.717) is 12.5 Å². The summed E-state index contributed by atoms with van der Waals surface area (Å²) in [6, 6.07) is 0. The Bertz CT molecular complexity index is 122. The van der Waals surface area contributed by atoms with Gasteiger partial charge in [0.25, 0.3) is 0 Å². The van der Waals surface area contributed by atoms with Crippen LogP contribution in [0.25, 0.3) is 0 Å². The van der Waals surface area contributed by atoms with Crippen molar-refractivity contribution in [1.82, 2.24) is 5.32 Å².